The van der Waals surface area contributed by atoms with Crippen LogP contribution in [-0.2, 0) is 16.1 Å². The topological polar surface area (TPSA) is 89.9 Å². The van der Waals surface area contributed by atoms with Gasteiger partial charge in [-0.1, -0.05) is 36.4 Å². The van der Waals surface area contributed by atoms with Crippen molar-refractivity contribution in [1.29, 1.82) is 0 Å². The summed E-state index contributed by atoms with van der Waals surface area (Å²) >= 11 is 0. The predicted molar refractivity (Wildman–Crippen MR) is 97.9 cm³/mol. The van der Waals surface area contributed by atoms with Crippen LogP contribution < -0.4 is 0 Å². The van der Waals surface area contributed by atoms with Crippen molar-refractivity contribution in [2.45, 2.75) is 6.61 Å². The second-order valence-corrected chi connectivity index (χ2v) is 5.79. The van der Waals surface area contributed by atoms with E-state index in [0.717, 1.165) is 5.56 Å². The molecule has 0 aliphatic heterocycles. The van der Waals surface area contributed by atoms with E-state index in [-0.39, 0.29) is 23.3 Å². The molecule has 0 amide bonds. The first-order valence-corrected chi connectivity index (χ1v) is 8.09. The number of rotatable bonds is 5. The van der Waals surface area contributed by atoms with E-state index in [1.807, 2.05) is 30.3 Å². The van der Waals surface area contributed by atoms with Gasteiger partial charge in [0.2, 0.25) is 0 Å². The second kappa shape index (κ2) is 7.70. The number of hydrogen-bond acceptors (Lipinski definition) is 6. The fourth-order valence-electron chi connectivity index (χ4n) is 2.74. The molecule has 0 fully saturated rings. The van der Waals surface area contributed by atoms with Crippen molar-refractivity contribution in [2.24, 2.45) is 0 Å². The largest absolute Gasteiger partial charge is 0.506 e. The van der Waals surface area contributed by atoms with Gasteiger partial charge in [-0.25, -0.2) is 9.59 Å². The average Bonchev–Trinajstić information content (AvgIpc) is 2.71. The van der Waals surface area contributed by atoms with Gasteiger partial charge in [-0.05, 0) is 34.5 Å². The minimum absolute atomic E-state index is 0.0443. The van der Waals surface area contributed by atoms with E-state index in [4.69, 9.17) is 4.74 Å². The molecule has 0 heterocycles. The van der Waals surface area contributed by atoms with Gasteiger partial charge in [-0.3, -0.25) is 4.79 Å². The van der Waals surface area contributed by atoms with Gasteiger partial charge in [-0.2, -0.15) is 0 Å². The van der Waals surface area contributed by atoms with Gasteiger partial charge < -0.3 is 14.6 Å². The van der Waals surface area contributed by atoms with Crippen LogP contribution in [0.2, 0.25) is 0 Å². The van der Waals surface area contributed by atoms with Crippen molar-refractivity contribution in [3.8, 4) is 5.75 Å². The molecule has 3 rings (SSSR count). The van der Waals surface area contributed by atoms with Gasteiger partial charge in [0.25, 0.3) is 0 Å². The highest BCUT2D eigenvalue weighted by atomic mass is 16.5. The highest BCUT2D eigenvalue weighted by Crippen LogP contribution is 2.31. The van der Waals surface area contributed by atoms with Gasteiger partial charge >= 0.3 is 11.9 Å². The molecule has 0 bridgehead atoms. The standard InChI is InChI=1S/C21H16O6/c1-26-21(25)17-10-15-9-14(7-8-16(15)18(11-22)19(17)23)20(24)27-12-13-5-3-2-4-6-13/h2-11,23H,12H2,1H3. The van der Waals surface area contributed by atoms with E-state index >= 15 is 0 Å². The van der Waals surface area contributed by atoms with Gasteiger partial charge in [0.15, 0.2) is 6.29 Å². The zero-order chi connectivity index (χ0) is 19.4. The van der Waals surface area contributed by atoms with Gasteiger partial charge in [0.1, 0.15) is 17.9 Å². The van der Waals surface area contributed by atoms with Crippen molar-refractivity contribution < 1.29 is 29.0 Å². The summed E-state index contributed by atoms with van der Waals surface area (Å²) in [5, 5.41) is 11.0. The molecule has 0 aliphatic carbocycles. The Bertz CT molecular complexity index is 1020. The summed E-state index contributed by atoms with van der Waals surface area (Å²) in [5.41, 5.74) is 0.920. The van der Waals surface area contributed by atoms with E-state index in [2.05, 4.69) is 4.74 Å². The van der Waals surface area contributed by atoms with Crippen LogP contribution in [0.25, 0.3) is 10.8 Å². The van der Waals surface area contributed by atoms with Crippen molar-refractivity contribution in [3.63, 3.8) is 0 Å². The molecule has 0 saturated carbocycles. The smallest absolute Gasteiger partial charge is 0.341 e. The number of carbonyl (C=O) groups excluding carboxylic acids is 3. The molecule has 27 heavy (non-hydrogen) atoms. The number of aromatic hydroxyl groups is 1. The molecule has 0 radical (unpaired) electrons. The summed E-state index contributed by atoms with van der Waals surface area (Å²) in [6.07, 6.45) is 0.456. The van der Waals surface area contributed by atoms with Crippen LogP contribution in [0.5, 0.6) is 5.75 Å². The summed E-state index contributed by atoms with van der Waals surface area (Å²) in [6, 6.07) is 15.2. The molecule has 6 nitrogen and oxygen atoms in total. The van der Waals surface area contributed by atoms with Gasteiger partial charge in [0, 0.05) is 0 Å². The molecule has 1 N–H and O–H groups in total. The lowest BCUT2D eigenvalue weighted by atomic mass is 9.98. The number of fused-ring (bicyclic) bond motifs is 1. The maximum atomic E-state index is 12.3. The van der Waals surface area contributed by atoms with Crippen LogP contribution >= 0.6 is 0 Å². The van der Waals surface area contributed by atoms with Crippen LogP contribution in [0, 0.1) is 0 Å². The molecule has 3 aromatic rings. The fourth-order valence-corrected chi connectivity index (χ4v) is 2.74. The van der Waals surface area contributed by atoms with Crippen LogP contribution in [0.1, 0.15) is 36.6 Å². The van der Waals surface area contributed by atoms with Crippen LogP contribution in [-0.4, -0.2) is 30.4 Å². The lowest BCUT2D eigenvalue weighted by Gasteiger charge is -2.10. The van der Waals surface area contributed by atoms with E-state index in [1.165, 1.54) is 31.4 Å². The summed E-state index contributed by atoms with van der Waals surface area (Å²) in [7, 11) is 1.17. The zero-order valence-corrected chi connectivity index (χ0v) is 14.5. The lowest BCUT2D eigenvalue weighted by molar-refractivity contribution is 0.0472. The zero-order valence-electron chi connectivity index (χ0n) is 14.5. The maximum Gasteiger partial charge on any atom is 0.341 e. The number of methoxy groups -OCH3 is 1. The molecule has 0 aliphatic rings. The fraction of sp³-hybridized carbons (Fsp3) is 0.0952. The Morgan fingerprint density at radius 1 is 1.04 bits per heavy atom. The Hall–Kier alpha value is -3.67. The number of carbonyl (C=O) groups is 3. The average molecular weight is 364 g/mol. The van der Waals surface area contributed by atoms with E-state index < -0.39 is 17.7 Å². The third kappa shape index (κ3) is 3.64. The van der Waals surface area contributed by atoms with Crippen molar-refractivity contribution in [2.75, 3.05) is 7.11 Å². The number of benzene rings is 3. The first kappa shape index (κ1) is 18.1. The number of phenols is 1. The summed E-state index contributed by atoms with van der Waals surface area (Å²) in [5.74, 6) is -1.78. The van der Waals surface area contributed by atoms with E-state index in [1.54, 1.807) is 0 Å². The minimum atomic E-state index is -0.783. The molecule has 0 aromatic heterocycles. The van der Waals surface area contributed by atoms with Crippen LogP contribution in [0.3, 0.4) is 0 Å². The molecular formula is C21H16O6. The number of phenolic OH excluding ortho intramolecular Hbond substituents is 1. The Kier molecular flexibility index (Phi) is 5.17. The normalized spacial score (nSPS) is 10.4. The Balaban J connectivity index is 1.96. The third-order valence-electron chi connectivity index (χ3n) is 4.12. The number of hydrogen-bond donors (Lipinski definition) is 1. The second-order valence-electron chi connectivity index (χ2n) is 5.79. The Labute approximate surface area is 155 Å². The quantitative estimate of drug-likeness (QED) is 0.550. The summed E-state index contributed by atoms with van der Waals surface area (Å²) in [4.78, 5) is 35.5. The van der Waals surface area contributed by atoms with Gasteiger partial charge in [0.05, 0.1) is 18.2 Å². The third-order valence-corrected chi connectivity index (χ3v) is 4.12. The van der Waals surface area contributed by atoms with Gasteiger partial charge in [-0.15, -0.1) is 0 Å². The highest BCUT2D eigenvalue weighted by Gasteiger charge is 2.19. The maximum absolute atomic E-state index is 12.3. The van der Waals surface area contributed by atoms with Crippen molar-refractivity contribution >= 4 is 29.0 Å². The molecule has 0 atom stereocenters. The van der Waals surface area contributed by atoms with Crippen molar-refractivity contribution in [1.82, 2.24) is 0 Å². The lowest BCUT2D eigenvalue weighted by Crippen LogP contribution is -2.06. The predicted octanol–water partition coefficient (Wildman–Crippen LogP) is 3.50. The Morgan fingerprint density at radius 2 is 1.78 bits per heavy atom. The summed E-state index contributed by atoms with van der Waals surface area (Å²) in [6.45, 7) is 0.125. The molecule has 3 aromatic carbocycles. The molecule has 0 spiro atoms. The molecule has 6 heteroatoms. The SMILES string of the molecule is COC(=O)c1cc2cc(C(=O)OCc3ccccc3)ccc2c(C=O)c1O. The first-order valence-electron chi connectivity index (χ1n) is 8.09. The molecule has 0 unspecified atom stereocenters. The Morgan fingerprint density at radius 3 is 2.44 bits per heavy atom. The minimum Gasteiger partial charge on any atom is -0.506 e. The molecule has 0 saturated heterocycles. The molecular weight excluding hydrogens is 348 g/mol. The number of esters is 2. The van der Waals surface area contributed by atoms with Crippen LogP contribution in [0.4, 0.5) is 0 Å². The van der Waals surface area contributed by atoms with Crippen molar-refractivity contribution in [3.05, 3.63) is 76.9 Å². The van der Waals surface area contributed by atoms with E-state index in [0.29, 0.717) is 17.1 Å². The highest BCUT2D eigenvalue weighted by molar-refractivity contribution is 6.08. The number of ether oxygens (including phenoxy) is 2. The molecule has 136 valence electrons. The van der Waals surface area contributed by atoms with E-state index in [9.17, 15) is 19.5 Å². The number of aldehydes is 1. The first-order chi connectivity index (χ1) is 13.0. The monoisotopic (exact) mass is 364 g/mol. The van der Waals surface area contributed by atoms with Crippen LogP contribution in [0.15, 0.2) is 54.6 Å². The summed E-state index contributed by atoms with van der Waals surface area (Å²) < 4.78 is 9.92.